The zero-order valence-electron chi connectivity index (χ0n) is 11.3. The molecule has 1 atom stereocenters. The fourth-order valence-corrected chi connectivity index (χ4v) is 2.75. The molecule has 0 bridgehead atoms. The van der Waals surface area contributed by atoms with Crippen molar-refractivity contribution in [1.82, 2.24) is 9.80 Å². The van der Waals surface area contributed by atoms with Crippen LogP contribution in [0, 0.1) is 5.92 Å². The Kier molecular flexibility index (Phi) is 5.17. The van der Waals surface area contributed by atoms with Gasteiger partial charge in [0.1, 0.15) is 0 Å². The quantitative estimate of drug-likeness (QED) is 0.825. The molecule has 1 fully saturated rings. The van der Waals surface area contributed by atoms with Crippen molar-refractivity contribution >= 4 is 0 Å². The standard InChI is InChI=1S/C15H24N2O/c1-16(9-10-18)11-15-7-8-17(13-15)12-14-5-3-2-4-6-14/h2-6,15,18H,7-13H2,1H3/t15-/m1/s1. The van der Waals surface area contributed by atoms with Gasteiger partial charge in [0.25, 0.3) is 0 Å². The number of aliphatic hydroxyl groups is 1. The third-order valence-corrected chi connectivity index (χ3v) is 3.67. The predicted molar refractivity (Wildman–Crippen MR) is 74.4 cm³/mol. The van der Waals surface area contributed by atoms with Gasteiger partial charge in [-0.25, -0.2) is 0 Å². The van der Waals surface area contributed by atoms with Crippen molar-refractivity contribution in [1.29, 1.82) is 0 Å². The van der Waals surface area contributed by atoms with Crippen molar-refractivity contribution in [3.8, 4) is 0 Å². The number of rotatable bonds is 6. The van der Waals surface area contributed by atoms with Crippen LogP contribution in [0.25, 0.3) is 0 Å². The van der Waals surface area contributed by atoms with Gasteiger partial charge in [0.2, 0.25) is 0 Å². The highest BCUT2D eigenvalue weighted by atomic mass is 16.3. The van der Waals surface area contributed by atoms with Gasteiger partial charge in [-0.2, -0.15) is 0 Å². The average Bonchev–Trinajstić information content (AvgIpc) is 2.78. The minimum absolute atomic E-state index is 0.261. The average molecular weight is 248 g/mol. The van der Waals surface area contributed by atoms with Crippen LogP contribution in [0.2, 0.25) is 0 Å². The largest absolute Gasteiger partial charge is 0.395 e. The highest BCUT2D eigenvalue weighted by Gasteiger charge is 2.23. The van der Waals surface area contributed by atoms with Gasteiger partial charge in [0.05, 0.1) is 6.61 Å². The van der Waals surface area contributed by atoms with Crippen LogP contribution in [0.15, 0.2) is 30.3 Å². The van der Waals surface area contributed by atoms with Gasteiger partial charge < -0.3 is 10.0 Å². The van der Waals surface area contributed by atoms with E-state index in [1.54, 1.807) is 0 Å². The fourth-order valence-electron chi connectivity index (χ4n) is 2.75. The minimum Gasteiger partial charge on any atom is -0.395 e. The summed E-state index contributed by atoms with van der Waals surface area (Å²) in [7, 11) is 2.09. The van der Waals surface area contributed by atoms with E-state index in [1.165, 1.54) is 25.1 Å². The maximum atomic E-state index is 8.91. The molecule has 1 heterocycles. The Morgan fingerprint density at radius 3 is 2.83 bits per heavy atom. The van der Waals surface area contributed by atoms with Gasteiger partial charge in [-0.3, -0.25) is 4.90 Å². The van der Waals surface area contributed by atoms with Gasteiger partial charge >= 0.3 is 0 Å². The summed E-state index contributed by atoms with van der Waals surface area (Å²) >= 11 is 0. The Balaban J connectivity index is 1.75. The Morgan fingerprint density at radius 1 is 1.33 bits per heavy atom. The Hall–Kier alpha value is -0.900. The predicted octanol–water partition coefficient (Wildman–Crippen LogP) is 1.43. The molecule has 18 heavy (non-hydrogen) atoms. The first-order valence-corrected chi connectivity index (χ1v) is 6.83. The van der Waals surface area contributed by atoms with E-state index in [-0.39, 0.29) is 6.61 Å². The van der Waals surface area contributed by atoms with E-state index in [0.29, 0.717) is 0 Å². The van der Waals surface area contributed by atoms with Crippen molar-refractivity contribution in [2.24, 2.45) is 5.92 Å². The van der Waals surface area contributed by atoms with Gasteiger partial charge in [-0.15, -0.1) is 0 Å². The summed E-state index contributed by atoms with van der Waals surface area (Å²) in [4.78, 5) is 4.77. The van der Waals surface area contributed by atoms with E-state index in [9.17, 15) is 0 Å². The molecule has 0 unspecified atom stereocenters. The molecule has 1 aliphatic rings. The molecule has 1 saturated heterocycles. The lowest BCUT2D eigenvalue weighted by Gasteiger charge is -2.20. The summed E-state index contributed by atoms with van der Waals surface area (Å²) < 4.78 is 0. The highest BCUT2D eigenvalue weighted by molar-refractivity contribution is 5.14. The number of aliphatic hydroxyl groups excluding tert-OH is 1. The summed E-state index contributed by atoms with van der Waals surface area (Å²) in [6.45, 7) is 5.61. The monoisotopic (exact) mass is 248 g/mol. The summed E-state index contributed by atoms with van der Waals surface area (Å²) in [6.07, 6.45) is 1.28. The van der Waals surface area contributed by atoms with Crippen molar-refractivity contribution in [3.63, 3.8) is 0 Å². The number of likely N-dealkylation sites (tertiary alicyclic amines) is 1. The van der Waals surface area contributed by atoms with Crippen LogP contribution in [-0.4, -0.2) is 54.7 Å². The van der Waals surface area contributed by atoms with Gasteiger partial charge in [-0.1, -0.05) is 30.3 Å². The summed E-state index contributed by atoms with van der Waals surface area (Å²) in [5.74, 6) is 0.755. The van der Waals surface area contributed by atoms with Gasteiger partial charge in [0, 0.05) is 26.2 Å². The van der Waals surface area contributed by atoms with Crippen molar-refractivity contribution in [2.75, 3.05) is 39.8 Å². The molecular formula is C15H24N2O. The van der Waals surface area contributed by atoms with Crippen molar-refractivity contribution in [2.45, 2.75) is 13.0 Å². The van der Waals surface area contributed by atoms with E-state index >= 15 is 0 Å². The fraction of sp³-hybridized carbons (Fsp3) is 0.600. The summed E-state index contributed by atoms with van der Waals surface area (Å²) in [5, 5.41) is 8.91. The molecule has 0 radical (unpaired) electrons. The van der Waals surface area contributed by atoms with E-state index < -0.39 is 0 Å². The van der Waals surface area contributed by atoms with Crippen molar-refractivity contribution in [3.05, 3.63) is 35.9 Å². The van der Waals surface area contributed by atoms with Crippen LogP contribution in [0.4, 0.5) is 0 Å². The normalized spacial score (nSPS) is 20.7. The number of likely N-dealkylation sites (N-methyl/N-ethyl adjacent to an activating group) is 1. The van der Waals surface area contributed by atoms with E-state index in [0.717, 1.165) is 25.6 Å². The lowest BCUT2D eigenvalue weighted by Crippen LogP contribution is -2.30. The molecule has 0 amide bonds. The molecule has 2 rings (SSSR count). The third-order valence-electron chi connectivity index (χ3n) is 3.67. The van der Waals surface area contributed by atoms with Crippen LogP contribution in [-0.2, 0) is 6.54 Å². The maximum absolute atomic E-state index is 8.91. The van der Waals surface area contributed by atoms with Gasteiger partial charge in [-0.05, 0) is 31.5 Å². The number of nitrogens with zero attached hydrogens (tertiary/aromatic N) is 2. The van der Waals surface area contributed by atoms with Crippen LogP contribution in [0.1, 0.15) is 12.0 Å². The first-order chi connectivity index (χ1) is 8.78. The molecule has 0 saturated carbocycles. The maximum Gasteiger partial charge on any atom is 0.0558 e. The number of hydrogen-bond acceptors (Lipinski definition) is 3. The van der Waals surface area contributed by atoms with Crippen LogP contribution in [0.5, 0.6) is 0 Å². The summed E-state index contributed by atoms with van der Waals surface area (Å²) in [6, 6.07) is 10.7. The lowest BCUT2D eigenvalue weighted by atomic mass is 10.1. The second kappa shape index (κ2) is 6.88. The second-order valence-corrected chi connectivity index (χ2v) is 5.36. The Labute approximate surface area is 110 Å². The zero-order valence-corrected chi connectivity index (χ0v) is 11.3. The molecule has 1 aromatic rings. The minimum atomic E-state index is 0.261. The molecule has 1 aromatic carbocycles. The van der Waals surface area contributed by atoms with Crippen LogP contribution < -0.4 is 0 Å². The summed E-state index contributed by atoms with van der Waals surface area (Å²) in [5.41, 5.74) is 1.40. The number of benzene rings is 1. The number of hydrogen-bond donors (Lipinski definition) is 1. The molecule has 0 aliphatic carbocycles. The second-order valence-electron chi connectivity index (χ2n) is 5.36. The van der Waals surface area contributed by atoms with Crippen LogP contribution >= 0.6 is 0 Å². The first-order valence-electron chi connectivity index (χ1n) is 6.83. The Morgan fingerprint density at radius 2 is 2.11 bits per heavy atom. The van der Waals surface area contributed by atoms with E-state index in [1.807, 2.05) is 0 Å². The molecule has 3 heteroatoms. The third kappa shape index (κ3) is 4.09. The molecule has 1 N–H and O–H groups in total. The van der Waals surface area contributed by atoms with E-state index in [4.69, 9.17) is 5.11 Å². The first kappa shape index (κ1) is 13.5. The SMILES string of the molecule is CN(CCO)C[C@H]1CCN(Cc2ccccc2)C1. The van der Waals surface area contributed by atoms with Gasteiger partial charge in [0.15, 0.2) is 0 Å². The molecule has 0 aromatic heterocycles. The smallest absolute Gasteiger partial charge is 0.0558 e. The molecule has 0 spiro atoms. The molecular weight excluding hydrogens is 224 g/mol. The van der Waals surface area contributed by atoms with E-state index in [2.05, 4.69) is 47.2 Å². The Bertz CT molecular complexity index is 342. The highest BCUT2D eigenvalue weighted by Crippen LogP contribution is 2.19. The molecule has 1 aliphatic heterocycles. The lowest BCUT2D eigenvalue weighted by molar-refractivity contribution is 0.200. The van der Waals surface area contributed by atoms with Crippen LogP contribution in [0.3, 0.4) is 0 Å². The molecule has 100 valence electrons. The molecule has 3 nitrogen and oxygen atoms in total. The zero-order chi connectivity index (χ0) is 12.8. The topological polar surface area (TPSA) is 26.7 Å². The van der Waals surface area contributed by atoms with Crippen molar-refractivity contribution < 1.29 is 5.11 Å².